The minimum Gasteiger partial charge on any atom is -0.307 e. The number of nitrogens with zero attached hydrogens (tertiary/aromatic N) is 1. The van der Waals surface area contributed by atoms with Gasteiger partial charge in [-0.05, 0) is 36.6 Å². The number of carbonyl (C=O) groups excluding carboxylic acids is 2. The molecule has 1 heterocycles. The summed E-state index contributed by atoms with van der Waals surface area (Å²) in [7, 11) is 0. The molecule has 3 heteroatoms. The van der Waals surface area contributed by atoms with Crippen LogP contribution >= 0.6 is 0 Å². The van der Waals surface area contributed by atoms with E-state index in [4.69, 9.17) is 0 Å². The van der Waals surface area contributed by atoms with Gasteiger partial charge in [0.2, 0.25) is 0 Å². The van der Waals surface area contributed by atoms with Crippen LogP contribution in [0.1, 0.15) is 50.6 Å². The standard InChI is InChI=1S/C19H17NO2/c1-12-7-9-15-16(21)10-8-14-11-20(18(12)17(14)15)19(22)13-5-3-2-4-6-13/h2-7,9,14H,8,10-11H2,1H3. The van der Waals surface area contributed by atoms with E-state index in [-0.39, 0.29) is 11.7 Å². The molecule has 0 saturated heterocycles. The maximum Gasteiger partial charge on any atom is 0.258 e. The van der Waals surface area contributed by atoms with Gasteiger partial charge >= 0.3 is 0 Å². The zero-order valence-electron chi connectivity index (χ0n) is 12.5. The maximum atomic E-state index is 12.9. The predicted octanol–water partition coefficient (Wildman–Crippen LogP) is 3.72. The van der Waals surface area contributed by atoms with Crippen LogP contribution in [-0.2, 0) is 0 Å². The van der Waals surface area contributed by atoms with Gasteiger partial charge in [-0.1, -0.05) is 30.3 Å². The van der Waals surface area contributed by atoms with E-state index in [0.29, 0.717) is 24.4 Å². The van der Waals surface area contributed by atoms with Crippen molar-refractivity contribution in [3.8, 4) is 0 Å². The number of benzene rings is 2. The normalized spacial score (nSPS) is 19.2. The number of anilines is 1. The molecule has 0 aromatic heterocycles. The number of ketones is 1. The van der Waals surface area contributed by atoms with Crippen LogP contribution in [-0.4, -0.2) is 18.2 Å². The first-order chi connectivity index (χ1) is 10.7. The molecule has 1 aliphatic heterocycles. The molecular formula is C19H17NO2. The van der Waals surface area contributed by atoms with Crippen molar-refractivity contribution in [2.24, 2.45) is 0 Å². The zero-order chi connectivity index (χ0) is 15.3. The molecule has 2 aromatic carbocycles. The highest BCUT2D eigenvalue weighted by molar-refractivity contribution is 6.10. The summed E-state index contributed by atoms with van der Waals surface area (Å²) in [4.78, 5) is 26.9. The van der Waals surface area contributed by atoms with E-state index in [2.05, 4.69) is 0 Å². The lowest BCUT2D eigenvalue weighted by atomic mass is 9.82. The largest absolute Gasteiger partial charge is 0.307 e. The SMILES string of the molecule is Cc1ccc2c3c1N(C(=O)c1ccccc1)CC3CCC2=O. The first-order valence-corrected chi connectivity index (χ1v) is 7.70. The number of carbonyl (C=O) groups is 2. The van der Waals surface area contributed by atoms with Crippen molar-refractivity contribution in [3.05, 3.63) is 64.7 Å². The molecule has 1 amide bonds. The van der Waals surface area contributed by atoms with Crippen molar-refractivity contribution >= 4 is 17.4 Å². The van der Waals surface area contributed by atoms with Crippen LogP contribution in [0.5, 0.6) is 0 Å². The molecule has 1 aliphatic carbocycles. The van der Waals surface area contributed by atoms with Gasteiger partial charge in [0, 0.05) is 30.0 Å². The number of hydrogen-bond acceptors (Lipinski definition) is 2. The fourth-order valence-corrected chi connectivity index (χ4v) is 3.73. The molecule has 0 saturated carbocycles. The number of amides is 1. The third-order valence-electron chi connectivity index (χ3n) is 4.79. The monoisotopic (exact) mass is 291 g/mol. The highest BCUT2D eigenvalue weighted by Gasteiger charge is 2.39. The van der Waals surface area contributed by atoms with Gasteiger partial charge in [-0.3, -0.25) is 9.59 Å². The molecule has 0 bridgehead atoms. The van der Waals surface area contributed by atoms with Crippen molar-refractivity contribution < 1.29 is 9.59 Å². The van der Waals surface area contributed by atoms with Crippen molar-refractivity contribution in [2.45, 2.75) is 25.7 Å². The van der Waals surface area contributed by atoms with Gasteiger partial charge in [0.05, 0.1) is 5.69 Å². The van der Waals surface area contributed by atoms with E-state index < -0.39 is 0 Å². The summed E-state index contributed by atoms with van der Waals surface area (Å²) in [5, 5.41) is 0. The average molecular weight is 291 g/mol. The summed E-state index contributed by atoms with van der Waals surface area (Å²) in [6.45, 7) is 2.70. The molecular weight excluding hydrogens is 274 g/mol. The Morgan fingerprint density at radius 2 is 1.91 bits per heavy atom. The lowest BCUT2D eigenvalue weighted by molar-refractivity contribution is 0.0968. The van der Waals surface area contributed by atoms with Crippen LogP contribution < -0.4 is 4.90 Å². The molecule has 110 valence electrons. The number of rotatable bonds is 1. The van der Waals surface area contributed by atoms with Gasteiger partial charge in [0.15, 0.2) is 5.78 Å². The van der Waals surface area contributed by atoms with Crippen LogP contribution in [0.2, 0.25) is 0 Å². The molecule has 4 rings (SSSR count). The lowest BCUT2D eigenvalue weighted by Crippen LogP contribution is -2.30. The van der Waals surface area contributed by atoms with Gasteiger partial charge in [0.1, 0.15) is 0 Å². The summed E-state index contributed by atoms with van der Waals surface area (Å²) < 4.78 is 0. The van der Waals surface area contributed by atoms with Crippen LogP contribution in [0.3, 0.4) is 0 Å². The van der Waals surface area contributed by atoms with Crippen molar-refractivity contribution in [1.82, 2.24) is 0 Å². The predicted molar refractivity (Wildman–Crippen MR) is 85.6 cm³/mol. The average Bonchev–Trinajstić information content (AvgIpc) is 2.94. The van der Waals surface area contributed by atoms with Crippen LogP contribution in [0.4, 0.5) is 5.69 Å². The topological polar surface area (TPSA) is 37.4 Å². The van der Waals surface area contributed by atoms with E-state index in [1.807, 2.05) is 54.3 Å². The third kappa shape index (κ3) is 1.82. The first kappa shape index (κ1) is 13.3. The van der Waals surface area contributed by atoms with Crippen molar-refractivity contribution in [3.63, 3.8) is 0 Å². The second kappa shape index (κ2) is 4.80. The Morgan fingerprint density at radius 1 is 1.14 bits per heavy atom. The Kier molecular flexibility index (Phi) is 2.89. The number of Topliss-reactive ketones (excluding diaryl/α,β-unsaturated/α-hetero) is 1. The molecule has 1 atom stereocenters. The first-order valence-electron chi connectivity index (χ1n) is 7.70. The summed E-state index contributed by atoms with van der Waals surface area (Å²) in [6.07, 6.45) is 1.44. The summed E-state index contributed by atoms with van der Waals surface area (Å²) in [5.74, 6) is 0.538. The number of aryl methyl sites for hydroxylation is 1. The Bertz CT molecular complexity index is 780. The van der Waals surface area contributed by atoms with Crippen molar-refractivity contribution in [2.75, 3.05) is 11.4 Å². The minimum atomic E-state index is 0.0268. The Labute approximate surface area is 129 Å². The van der Waals surface area contributed by atoms with Gasteiger partial charge in [0.25, 0.3) is 5.91 Å². The molecule has 1 unspecified atom stereocenters. The van der Waals surface area contributed by atoms with Crippen molar-refractivity contribution in [1.29, 1.82) is 0 Å². The molecule has 0 radical (unpaired) electrons. The zero-order valence-corrected chi connectivity index (χ0v) is 12.5. The Hall–Kier alpha value is -2.42. The third-order valence-corrected chi connectivity index (χ3v) is 4.79. The van der Waals surface area contributed by atoms with E-state index in [9.17, 15) is 9.59 Å². The van der Waals surface area contributed by atoms with Crippen LogP contribution in [0.15, 0.2) is 42.5 Å². The van der Waals surface area contributed by atoms with E-state index in [1.165, 1.54) is 0 Å². The fourth-order valence-electron chi connectivity index (χ4n) is 3.73. The molecule has 0 spiro atoms. The second-order valence-corrected chi connectivity index (χ2v) is 6.13. The summed E-state index contributed by atoms with van der Waals surface area (Å²) >= 11 is 0. The molecule has 22 heavy (non-hydrogen) atoms. The Morgan fingerprint density at radius 3 is 2.68 bits per heavy atom. The highest BCUT2D eigenvalue weighted by Crippen LogP contribution is 2.46. The quantitative estimate of drug-likeness (QED) is 0.803. The van der Waals surface area contributed by atoms with E-state index in [1.54, 1.807) is 0 Å². The minimum absolute atomic E-state index is 0.0268. The molecule has 2 aromatic rings. The second-order valence-electron chi connectivity index (χ2n) is 6.13. The van der Waals surface area contributed by atoms with Gasteiger partial charge in [-0.15, -0.1) is 0 Å². The Balaban J connectivity index is 1.84. The summed E-state index contributed by atoms with van der Waals surface area (Å²) in [6, 6.07) is 13.3. The molecule has 3 nitrogen and oxygen atoms in total. The van der Waals surface area contributed by atoms with Gasteiger partial charge in [-0.2, -0.15) is 0 Å². The molecule has 0 fully saturated rings. The van der Waals surface area contributed by atoms with E-state index in [0.717, 1.165) is 28.8 Å². The molecule has 0 N–H and O–H groups in total. The number of hydrogen-bond donors (Lipinski definition) is 0. The van der Waals surface area contributed by atoms with Gasteiger partial charge in [-0.25, -0.2) is 0 Å². The lowest BCUT2D eigenvalue weighted by Gasteiger charge is -2.20. The smallest absolute Gasteiger partial charge is 0.258 e. The maximum absolute atomic E-state index is 12.9. The summed E-state index contributed by atoms with van der Waals surface area (Å²) in [5.41, 5.74) is 4.65. The van der Waals surface area contributed by atoms with E-state index >= 15 is 0 Å². The van der Waals surface area contributed by atoms with Gasteiger partial charge < -0.3 is 4.90 Å². The fraction of sp³-hybridized carbons (Fsp3) is 0.263. The highest BCUT2D eigenvalue weighted by atomic mass is 16.2. The van der Waals surface area contributed by atoms with Crippen LogP contribution in [0.25, 0.3) is 0 Å². The van der Waals surface area contributed by atoms with Crippen LogP contribution in [0, 0.1) is 6.92 Å². The molecule has 2 aliphatic rings.